The number of esters is 1. The summed E-state index contributed by atoms with van der Waals surface area (Å²) in [6.07, 6.45) is 5.28. The predicted octanol–water partition coefficient (Wildman–Crippen LogP) is 1.37. The number of hydrogen-bond donors (Lipinski definition) is 1. The zero-order chi connectivity index (χ0) is 20.8. The van der Waals surface area contributed by atoms with Crippen molar-refractivity contribution >= 4 is 23.7 Å². The normalized spacial score (nSPS) is 20.5. The average Bonchev–Trinajstić information content (AvgIpc) is 2.97. The van der Waals surface area contributed by atoms with E-state index in [1.165, 1.54) is 12.1 Å². The van der Waals surface area contributed by atoms with E-state index in [4.69, 9.17) is 4.74 Å². The first-order chi connectivity index (χ1) is 14.0. The lowest BCUT2D eigenvalue weighted by molar-refractivity contribution is -0.149. The molecule has 0 bridgehead atoms. The fourth-order valence-corrected chi connectivity index (χ4v) is 3.56. The molecule has 0 radical (unpaired) electrons. The SMILES string of the molecule is O=C(COC(=O)CCN1C(=O)[C@H]2CC=CC[C@H]2C1=O)NCCc1ccc(F)cc1. The van der Waals surface area contributed by atoms with Crippen molar-refractivity contribution in [3.8, 4) is 0 Å². The molecule has 1 aliphatic heterocycles. The van der Waals surface area contributed by atoms with Crippen LogP contribution in [0.2, 0.25) is 0 Å². The van der Waals surface area contributed by atoms with E-state index in [0.29, 0.717) is 25.8 Å². The Morgan fingerprint density at radius 3 is 2.31 bits per heavy atom. The van der Waals surface area contributed by atoms with Crippen LogP contribution in [-0.4, -0.2) is 48.3 Å². The first-order valence-corrected chi connectivity index (χ1v) is 9.62. The van der Waals surface area contributed by atoms with Gasteiger partial charge in [0.05, 0.1) is 18.3 Å². The molecule has 2 aliphatic rings. The number of halogens is 1. The van der Waals surface area contributed by atoms with Crippen LogP contribution < -0.4 is 5.32 Å². The van der Waals surface area contributed by atoms with Crippen LogP contribution in [0.1, 0.15) is 24.8 Å². The van der Waals surface area contributed by atoms with Crippen molar-refractivity contribution in [1.82, 2.24) is 10.2 Å². The molecule has 1 saturated heterocycles. The standard InChI is InChI=1S/C21H23FN2O5/c22-15-7-5-14(6-8-15)9-11-23-18(25)13-29-19(26)10-12-24-20(27)16-3-1-2-4-17(16)21(24)28/h1-2,5-8,16-17H,3-4,9-13H2,(H,23,25)/t16-,17+. The summed E-state index contributed by atoms with van der Waals surface area (Å²) in [6.45, 7) is -0.134. The van der Waals surface area contributed by atoms with Gasteiger partial charge in [0.1, 0.15) is 5.82 Å². The fraction of sp³-hybridized carbons (Fsp3) is 0.429. The third-order valence-electron chi connectivity index (χ3n) is 5.15. The van der Waals surface area contributed by atoms with Crippen molar-refractivity contribution in [3.63, 3.8) is 0 Å². The van der Waals surface area contributed by atoms with Crippen molar-refractivity contribution in [2.24, 2.45) is 11.8 Å². The van der Waals surface area contributed by atoms with Gasteiger partial charge in [0.15, 0.2) is 6.61 Å². The Balaban J connectivity index is 1.33. The number of hydrogen-bond acceptors (Lipinski definition) is 5. The van der Waals surface area contributed by atoms with Crippen LogP contribution >= 0.6 is 0 Å². The second-order valence-electron chi connectivity index (χ2n) is 7.12. The van der Waals surface area contributed by atoms with Crippen molar-refractivity contribution in [3.05, 3.63) is 47.8 Å². The molecule has 1 aliphatic carbocycles. The monoisotopic (exact) mass is 402 g/mol. The number of benzene rings is 1. The number of nitrogens with one attached hydrogen (secondary N) is 1. The van der Waals surface area contributed by atoms with Crippen molar-refractivity contribution in [2.45, 2.75) is 25.7 Å². The van der Waals surface area contributed by atoms with Gasteiger partial charge in [0.25, 0.3) is 5.91 Å². The average molecular weight is 402 g/mol. The minimum atomic E-state index is -0.646. The number of fused-ring (bicyclic) bond motifs is 1. The Labute approximate surface area is 167 Å². The Kier molecular flexibility index (Phi) is 6.74. The molecule has 1 N–H and O–H groups in total. The van der Waals surface area contributed by atoms with Gasteiger partial charge in [-0.05, 0) is 37.0 Å². The Morgan fingerprint density at radius 2 is 1.69 bits per heavy atom. The maximum Gasteiger partial charge on any atom is 0.308 e. The van der Waals surface area contributed by atoms with E-state index in [1.807, 2.05) is 12.2 Å². The molecular weight excluding hydrogens is 379 g/mol. The van der Waals surface area contributed by atoms with Gasteiger partial charge < -0.3 is 10.1 Å². The number of imide groups is 1. The minimum Gasteiger partial charge on any atom is -0.456 e. The minimum absolute atomic E-state index is 0.0321. The number of carbonyl (C=O) groups excluding carboxylic acids is 4. The molecule has 0 spiro atoms. The highest BCUT2D eigenvalue weighted by Crippen LogP contribution is 2.34. The van der Waals surface area contributed by atoms with Gasteiger partial charge in [-0.25, -0.2) is 4.39 Å². The van der Waals surface area contributed by atoms with Crippen LogP contribution in [0.5, 0.6) is 0 Å². The molecule has 3 amide bonds. The zero-order valence-corrected chi connectivity index (χ0v) is 15.9. The molecule has 1 aromatic rings. The predicted molar refractivity (Wildman–Crippen MR) is 101 cm³/mol. The summed E-state index contributed by atoms with van der Waals surface area (Å²) >= 11 is 0. The number of amides is 3. The summed E-state index contributed by atoms with van der Waals surface area (Å²) in [5.74, 6) is -2.55. The smallest absolute Gasteiger partial charge is 0.308 e. The first-order valence-electron chi connectivity index (χ1n) is 9.62. The van der Waals surface area contributed by atoms with Crippen LogP contribution in [0.3, 0.4) is 0 Å². The Morgan fingerprint density at radius 1 is 1.07 bits per heavy atom. The molecule has 1 aromatic carbocycles. The number of nitrogens with zero attached hydrogens (tertiary/aromatic N) is 1. The molecule has 7 nitrogen and oxygen atoms in total. The lowest BCUT2D eigenvalue weighted by Gasteiger charge is -2.14. The summed E-state index contributed by atoms with van der Waals surface area (Å²) in [5, 5.41) is 2.61. The Hall–Kier alpha value is -3.03. The third-order valence-corrected chi connectivity index (χ3v) is 5.15. The van der Waals surface area contributed by atoms with E-state index in [1.54, 1.807) is 12.1 Å². The number of likely N-dealkylation sites (tertiary alicyclic amines) is 1. The van der Waals surface area contributed by atoms with E-state index in [0.717, 1.165) is 10.5 Å². The van der Waals surface area contributed by atoms with E-state index in [2.05, 4.69) is 5.32 Å². The molecule has 0 saturated carbocycles. The molecule has 0 unspecified atom stereocenters. The molecule has 1 fully saturated rings. The highest BCUT2D eigenvalue weighted by atomic mass is 19.1. The molecule has 29 heavy (non-hydrogen) atoms. The van der Waals surface area contributed by atoms with Crippen LogP contribution in [0, 0.1) is 17.7 Å². The topological polar surface area (TPSA) is 92.8 Å². The fourth-order valence-electron chi connectivity index (χ4n) is 3.56. The quantitative estimate of drug-likeness (QED) is 0.403. The molecular formula is C21H23FN2O5. The van der Waals surface area contributed by atoms with Crippen LogP contribution in [0.4, 0.5) is 4.39 Å². The molecule has 2 atom stereocenters. The summed E-state index contributed by atoms with van der Waals surface area (Å²) in [4.78, 5) is 49.4. The summed E-state index contributed by atoms with van der Waals surface area (Å²) in [6, 6.07) is 5.96. The summed E-state index contributed by atoms with van der Waals surface area (Å²) < 4.78 is 17.7. The van der Waals surface area contributed by atoms with Gasteiger partial charge in [-0.1, -0.05) is 24.3 Å². The number of ether oxygens (including phenoxy) is 1. The maximum atomic E-state index is 12.8. The molecule has 1 heterocycles. The van der Waals surface area contributed by atoms with Gasteiger partial charge in [-0.2, -0.15) is 0 Å². The van der Waals surface area contributed by atoms with Crippen LogP contribution in [0.15, 0.2) is 36.4 Å². The van der Waals surface area contributed by atoms with Gasteiger partial charge in [-0.3, -0.25) is 24.1 Å². The summed E-state index contributed by atoms with van der Waals surface area (Å²) in [5.41, 5.74) is 0.874. The lowest BCUT2D eigenvalue weighted by Crippen LogP contribution is -2.34. The van der Waals surface area contributed by atoms with Gasteiger partial charge in [-0.15, -0.1) is 0 Å². The van der Waals surface area contributed by atoms with Crippen molar-refractivity contribution < 1.29 is 28.3 Å². The van der Waals surface area contributed by atoms with Gasteiger partial charge in [0, 0.05) is 13.1 Å². The molecule has 3 rings (SSSR count). The number of allylic oxidation sites excluding steroid dienone is 2. The molecule has 154 valence electrons. The first kappa shape index (κ1) is 20.7. The Bertz CT molecular complexity index is 795. The lowest BCUT2D eigenvalue weighted by atomic mass is 9.85. The van der Waals surface area contributed by atoms with E-state index in [9.17, 15) is 23.6 Å². The largest absolute Gasteiger partial charge is 0.456 e. The highest BCUT2D eigenvalue weighted by molar-refractivity contribution is 6.05. The zero-order valence-electron chi connectivity index (χ0n) is 15.9. The van der Waals surface area contributed by atoms with E-state index in [-0.39, 0.29) is 42.4 Å². The second-order valence-corrected chi connectivity index (χ2v) is 7.12. The van der Waals surface area contributed by atoms with Crippen LogP contribution in [-0.2, 0) is 30.3 Å². The maximum absolute atomic E-state index is 12.8. The van der Waals surface area contributed by atoms with Crippen molar-refractivity contribution in [1.29, 1.82) is 0 Å². The van der Waals surface area contributed by atoms with Crippen LogP contribution in [0.25, 0.3) is 0 Å². The highest BCUT2D eigenvalue weighted by Gasteiger charge is 2.46. The number of carbonyl (C=O) groups is 4. The van der Waals surface area contributed by atoms with E-state index >= 15 is 0 Å². The molecule has 0 aromatic heterocycles. The third kappa shape index (κ3) is 5.28. The van der Waals surface area contributed by atoms with Gasteiger partial charge in [0.2, 0.25) is 11.8 Å². The second kappa shape index (κ2) is 9.45. The number of rotatable bonds is 8. The summed E-state index contributed by atoms with van der Waals surface area (Å²) in [7, 11) is 0. The van der Waals surface area contributed by atoms with E-state index < -0.39 is 18.5 Å². The van der Waals surface area contributed by atoms with Gasteiger partial charge >= 0.3 is 5.97 Å². The molecule has 8 heteroatoms. The van der Waals surface area contributed by atoms with Crippen molar-refractivity contribution in [2.75, 3.05) is 19.7 Å².